The van der Waals surface area contributed by atoms with Gasteiger partial charge in [-0.05, 0) is 164 Å². The maximum atomic E-state index is 4.09. The quantitative estimate of drug-likeness (QED) is 0.127. The average molecular weight is 930 g/mol. The van der Waals surface area contributed by atoms with Crippen molar-refractivity contribution in [2.45, 2.75) is 45.4 Å². The van der Waals surface area contributed by atoms with Crippen molar-refractivity contribution in [2.75, 3.05) is 23.9 Å². The van der Waals surface area contributed by atoms with Crippen LogP contribution in [-0.2, 0) is 10.8 Å². The first kappa shape index (κ1) is 44.8. The SMILES string of the molecule is C=C/C=C(\C=C\c1ccccc1N(C)C)c1ccc2c(c1)C(C)(C)c1cc(N(c3ccc(C)cc3)c3ccc4c(c3)C(C)(C)c3cc(-c5ccc6c(c5)c5ccccc5n6-c5ccccc5)ccc3-4)ccc1-2. The number of hydrogen-bond donors (Lipinski definition) is 0. The predicted octanol–water partition coefficient (Wildman–Crippen LogP) is 18.2. The van der Waals surface area contributed by atoms with E-state index in [0.717, 1.165) is 22.6 Å². The fourth-order valence-electron chi connectivity index (χ4n) is 11.8. The van der Waals surface area contributed by atoms with Gasteiger partial charge in [-0.1, -0.05) is 173 Å². The molecule has 0 saturated carbocycles. The summed E-state index contributed by atoms with van der Waals surface area (Å²) in [6.45, 7) is 15.8. The van der Waals surface area contributed by atoms with Crippen LogP contribution in [0.2, 0.25) is 0 Å². The molecule has 0 bridgehead atoms. The van der Waals surface area contributed by atoms with Gasteiger partial charge >= 0.3 is 0 Å². The first-order chi connectivity index (χ1) is 34.9. The zero-order valence-corrected chi connectivity index (χ0v) is 42.3. The van der Waals surface area contributed by atoms with Crippen LogP contribution < -0.4 is 9.80 Å². The number of anilines is 4. The lowest BCUT2D eigenvalue weighted by Crippen LogP contribution is -2.18. The molecule has 0 saturated heterocycles. The smallest absolute Gasteiger partial charge is 0.0541 e. The van der Waals surface area contributed by atoms with Gasteiger partial charge in [-0.3, -0.25) is 0 Å². The van der Waals surface area contributed by atoms with Crippen LogP contribution in [0.15, 0.2) is 219 Å². The van der Waals surface area contributed by atoms with E-state index in [1.165, 1.54) is 106 Å². The first-order valence-electron chi connectivity index (χ1n) is 25.2. The van der Waals surface area contributed by atoms with E-state index in [0.29, 0.717) is 0 Å². The summed E-state index contributed by atoms with van der Waals surface area (Å²) in [5.41, 5.74) is 25.5. The molecule has 2 aliphatic carbocycles. The second-order valence-electron chi connectivity index (χ2n) is 21.0. The Kier molecular flexibility index (Phi) is 10.7. The molecule has 72 heavy (non-hydrogen) atoms. The van der Waals surface area contributed by atoms with Gasteiger partial charge in [0.15, 0.2) is 0 Å². The van der Waals surface area contributed by atoms with Crippen molar-refractivity contribution in [1.29, 1.82) is 0 Å². The minimum absolute atomic E-state index is 0.230. The minimum Gasteiger partial charge on any atom is -0.377 e. The highest BCUT2D eigenvalue weighted by Gasteiger charge is 2.38. The molecule has 1 heterocycles. The number of nitrogens with zero attached hydrogens (tertiary/aromatic N) is 3. The summed E-state index contributed by atoms with van der Waals surface area (Å²) >= 11 is 0. The lowest BCUT2D eigenvalue weighted by molar-refractivity contribution is 0.660. The molecule has 10 aromatic rings. The van der Waals surface area contributed by atoms with Gasteiger partial charge in [-0.25, -0.2) is 0 Å². The first-order valence-corrected chi connectivity index (χ1v) is 25.2. The van der Waals surface area contributed by atoms with Crippen molar-refractivity contribution in [3.05, 3.63) is 258 Å². The fraction of sp³-hybridized carbons (Fsp3) is 0.130. The molecular formula is C69H59N3. The van der Waals surface area contributed by atoms with Crippen molar-refractivity contribution < 1.29 is 0 Å². The number of para-hydroxylation sites is 3. The van der Waals surface area contributed by atoms with Crippen molar-refractivity contribution >= 4 is 56.2 Å². The highest BCUT2D eigenvalue weighted by atomic mass is 15.1. The molecule has 0 spiro atoms. The molecule has 0 atom stereocenters. The molecule has 2 aliphatic rings. The second kappa shape index (κ2) is 17.2. The number of aromatic nitrogens is 1. The monoisotopic (exact) mass is 929 g/mol. The van der Waals surface area contributed by atoms with Gasteiger partial charge in [0.1, 0.15) is 0 Å². The number of benzene rings is 9. The van der Waals surface area contributed by atoms with E-state index in [1.54, 1.807) is 0 Å². The third kappa shape index (κ3) is 7.25. The van der Waals surface area contributed by atoms with Crippen molar-refractivity contribution in [3.63, 3.8) is 0 Å². The molecule has 9 aromatic carbocycles. The summed E-state index contributed by atoms with van der Waals surface area (Å²) in [5, 5.41) is 2.53. The molecule has 0 aliphatic heterocycles. The van der Waals surface area contributed by atoms with E-state index in [4.69, 9.17) is 0 Å². The van der Waals surface area contributed by atoms with Crippen LogP contribution in [0.5, 0.6) is 0 Å². The summed E-state index contributed by atoms with van der Waals surface area (Å²) in [5.74, 6) is 0. The summed E-state index contributed by atoms with van der Waals surface area (Å²) in [6.07, 6.45) is 8.45. The predicted molar refractivity (Wildman–Crippen MR) is 309 cm³/mol. The van der Waals surface area contributed by atoms with Gasteiger partial charge in [0.25, 0.3) is 0 Å². The topological polar surface area (TPSA) is 11.4 Å². The van der Waals surface area contributed by atoms with E-state index in [-0.39, 0.29) is 10.8 Å². The Labute approximate surface area is 425 Å². The normalized spacial score (nSPS) is 14.1. The van der Waals surface area contributed by atoms with E-state index in [1.807, 2.05) is 6.08 Å². The van der Waals surface area contributed by atoms with Crippen LogP contribution in [-0.4, -0.2) is 18.7 Å². The molecular weight excluding hydrogens is 871 g/mol. The van der Waals surface area contributed by atoms with Crippen molar-refractivity contribution in [1.82, 2.24) is 4.57 Å². The molecule has 3 heteroatoms. The maximum absolute atomic E-state index is 4.09. The van der Waals surface area contributed by atoms with Crippen molar-refractivity contribution in [2.24, 2.45) is 0 Å². The molecule has 3 nitrogen and oxygen atoms in total. The largest absolute Gasteiger partial charge is 0.377 e. The van der Waals surface area contributed by atoms with Crippen LogP contribution in [0.4, 0.5) is 22.7 Å². The zero-order valence-electron chi connectivity index (χ0n) is 42.3. The second-order valence-corrected chi connectivity index (χ2v) is 21.0. The van der Waals surface area contributed by atoms with E-state index in [9.17, 15) is 0 Å². The van der Waals surface area contributed by atoms with Crippen LogP contribution >= 0.6 is 0 Å². The van der Waals surface area contributed by atoms with E-state index < -0.39 is 0 Å². The number of aryl methyl sites for hydroxylation is 1. The Bertz CT molecular complexity index is 3860. The van der Waals surface area contributed by atoms with Gasteiger partial charge in [-0.15, -0.1) is 0 Å². The maximum Gasteiger partial charge on any atom is 0.0541 e. The molecule has 0 N–H and O–H groups in total. The van der Waals surface area contributed by atoms with E-state index >= 15 is 0 Å². The highest BCUT2D eigenvalue weighted by molar-refractivity contribution is 6.10. The van der Waals surface area contributed by atoms with Crippen LogP contribution in [0, 0.1) is 6.92 Å². The Morgan fingerprint density at radius 1 is 0.500 bits per heavy atom. The molecule has 350 valence electrons. The van der Waals surface area contributed by atoms with Gasteiger partial charge in [-0.2, -0.15) is 0 Å². The Morgan fingerprint density at radius 2 is 1.04 bits per heavy atom. The fourth-order valence-corrected chi connectivity index (χ4v) is 11.8. The summed E-state index contributed by atoms with van der Waals surface area (Å²) < 4.78 is 2.39. The number of allylic oxidation sites excluding steroid dienone is 4. The van der Waals surface area contributed by atoms with Gasteiger partial charge in [0.2, 0.25) is 0 Å². The van der Waals surface area contributed by atoms with Crippen LogP contribution in [0.3, 0.4) is 0 Å². The minimum atomic E-state index is -0.237. The van der Waals surface area contributed by atoms with E-state index in [2.05, 4.69) is 282 Å². The highest BCUT2D eigenvalue weighted by Crippen LogP contribution is 2.54. The van der Waals surface area contributed by atoms with Gasteiger partial charge in [0.05, 0.1) is 11.0 Å². The standard InChI is InChI=1S/C69H59N3/c1-9-17-46(26-27-47-18-13-15-22-65(47)70(7)8)49-28-35-55-57-37-33-53(43-63(57)68(3,4)61(55)41-49)71(52-31-24-45(2)25-32-52)54-34-38-58-56-36-29-50(42-62(56)69(5,6)64(58)44-54)48-30-39-67-60(40-48)59-21-14-16-23-66(59)72(67)51-19-11-10-12-20-51/h9-44H,1H2,2-8H3/b27-26+,46-17+. The Balaban J connectivity index is 0.896. The molecule has 0 radical (unpaired) electrons. The molecule has 12 rings (SSSR count). The lowest BCUT2D eigenvalue weighted by Gasteiger charge is -2.30. The van der Waals surface area contributed by atoms with Crippen LogP contribution in [0.25, 0.3) is 72.5 Å². The Hall–Kier alpha value is -8.40. The summed E-state index contributed by atoms with van der Waals surface area (Å²) in [4.78, 5) is 4.62. The Morgan fingerprint density at radius 3 is 1.72 bits per heavy atom. The van der Waals surface area contributed by atoms with Crippen molar-refractivity contribution in [3.8, 4) is 39.1 Å². The number of fused-ring (bicyclic) bond motifs is 9. The summed E-state index contributed by atoms with van der Waals surface area (Å²) in [6, 6.07) is 72.3. The lowest BCUT2D eigenvalue weighted by atomic mass is 9.81. The zero-order chi connectivity index (χ0) is 49.5. The van der Waals surface area contributed by atoms with Gasteiger partial charge < -0.3 is 14.4 Å². The third-order valence-corrected chi connectivity index (χ3v) is 15.6. The number of hydrogen-bond acceptors (Lipinski definition) is 2. The van der Waals surface area contributed by atoms with Crippen LogP contribution in [0.1, 0.15) is 66.6 Å². The molecule has 0 amide bonds. The molecule has 0 fully saturated rings. The number of rotatable bonds is 10. The molecule has 1 aromatic heterocycles. The third-order valence-electron chi connectivity index (χ3n) is 15.6. The average Bonchev–Trinajstić information content (AvgIpc) is 3.94. The van der Waals surface area contributed by atoms with Gasteiger partial charge in [0, 0.05) is 64.1 Å². The summed E-state index contributed by atoms with van der Waals surface area (Å²) in [7, 11) is 4.18. The molecule has 0 unspecified atom stereocenters.